The number of sulfonamides is 1. The summed E-state index contributed by atoms with van der Waals surface area (Å²) < 4.78 is 32.3. The van der Waals surface area contributed by atoms with Crippen molar-refractivity contribution in [1.29, 1.82) is 0 Å². The van der Waals surface area contributed by atoms with Crippen molar-refractivity contribution in [2.45, 2.75) is 38.3 Å². The van der Waals surface area contributed by atoms with Gasteiger partial charge in [-0.2, -0.15) is 4.31 Å². The Labute approximate surface area is 192 Å². The third kappa shape index (κ3) is 5.91. The quantitative estimate of drug-likeness (QED) is 0.592. The summed E-state index contributed by atoms with van der Waals surface area (Å²) in [5.41, 5.74) is 1.06. The van der Waals surface area contributed by atoms with E-state index in [2.05, 4.69) is 15.6 Å². The lowest BCUT2D eigenvalue weighted by Crippen LogP contribution is -2.49. The maximum Gasteiger partial charge on any atom is 0.251 e. The molecule has 2 heterocycles. The van der Waals surface area contributed by atoms with Crippen molar-refractivity contribution in [2.75, 3.05) is 26.3 Å². The zero-order valence-corrected chi connectivity index (χ0v) is 20.0. The van der Waals surface area contributed by atoms with Crippen molar-refractivity contribution >= 4 is 33.2 Å². The van der Waals surface area contributed by atoms with Crippen LogP contribution >= 0.6 is 11.3 Å². The lowest BCUT2D eigenvalue weighted by molar-refractivity contribution is -0.124. The van der Waals surface area contributed by atoms with Gasteiger partial charge in [-0.15, -0.1) is 11.3 Å². The van der Waals surface area contributed by atoms with Gasteiger partial charge in [-0.25, -0.2) is 13.4 Å². The maximum atomic E-state index is 12.9. The lowest BCUT2D eigenvalue weighted by Gasteiger charge is -2.26. The normalized spacial score (nSPS) is 16.0. The van der Waals surface area contributed by atoms with E-state index in [0.717, 1.165) is 10.7 Å². The number of benzene rings is 1. The molecule has 1 aliphatic rings. The standard InChI is InChI=1S/C21H28N4O5S2/c1-14(2)19(21(27)22-12-18-23-15(3)13-31-18)24-20(26)16-5-4-6-17(11-16)32(28,29)25-7-9-30-10-8-25/h4-6,11,13-14,19H,7-10,12H2,1-3H3,(H,22,27)(H,24,26). The topological polar surface area (TPSA) is 118 Å². The van der Waals surface area contributed by atoms with Crippen molar-refractivity contribution in [2.24, 2.45) is 5.92 Å². The predicted molar refractivity (Wildman–Crippen MR) is 121 cm³/mol. The van der Waals surface area contributed by atoms with Crippen LogP contribution in [0.2, 0.25) is 0 Å². The lowest BCUT2D eigenvalue weighted by atomic mass is 10.0. The molecule has 1 aromatic carbocycles. The van der Waals surface area contributed by atoms with Crippen molar-refractivity contribution in [3.8, 4) is 0 Å². The molecule has 0 spiro atoms. The molecule has 11 heteroatoms. The van der Waals surface area contributed by atoms with Crippen LogP contribution in [0.5, 0.6) is 0 Å². The Bertz CT molecular complexity index is 1060. The van der Waals surface area contributed by atoms with E-state index in [1.807, 2.05) is 26.2 Å². The number of nitrogens with one attached hydrogen (secondary N) is 2. The molecular weight excluding hydrogens is 452 g/mol. The van der Waals surface area contributed by atoms with Gasteiger partial charge in [-0.05, 0) is 31.0 Å². The Kier molecular flexibility index (Phi) is 7.99. The summed E-state index contributed by atoms with van der Waals surface area (Å²) >= 11 is 1.46. The molecule has 1 atom stereocenters. The number of ether oxygens (including phenoxy) is 1. The van der Waals surface area contributed by atoms with Crippen LogP contribution in [0.25, 0.3) is 0 Å². The largest absolute Gasteiger partial charge is 0.379 e. The fourth-order valence-electron chi connectivity index (χ4n) is 3.25. The molecule has 1 unspecified atom stereocenters. The molecule has 1 aromatic heterocycles. The second kappa shape index (κ2) is 10.5. The Morgan fingerprint density at radius 3 is 2.59 bits per heavy atom. The fraction of sp³-hybridized carbons (Fsp3) is 0.476. The monoisotopic (exact) mass is 480 g/mol. The molecule has 174 valence electrons. The second-order valence-corrected chi connectivity index (χ2v) is 10.7. The van der Waals surface area contributed by atoms with Crippen LogP contribution < -0.4 is 10.6 Å². The Hall–Kier alpha value is -2.34. The Morgan fingerprint density at radius 2 is 1.97 bits per heavy atom. The second-order valence-electron chi connectivity index (χ2n) is 7.84. The van der Waals surface area contributed by atoms with Gasteiger partial charge in [-0.3, -0.25) is 9.59 Å². The SMILES string of the molecule is Cc1csc(CNC(=O)C(NC(=O)c2cccc(S(=O)(=O)N3CCOCC3)c2)C(C)C)n1. The molecule has 1 fully saturated rings. The van der Waals surface area contributed by atoms with Crippen LogP contribution in [0.4, 0.5) is 0 Å². The maximum absolute atomic E-state index is 12.9. The van der Waals surface area contributed by atoms with Crippen LogP contribution in [0, 0.1) is 12.8 Å². The van der Waals surface area contributed by atoms with Gasteiger partial charge in [0.25, 0.3) is 5.91 Å². The highest BCUT2D eigenvalue weighted by Crippen LogP contribution is 2.19. The number of carbonyl (C=O) groups excluding carboxylic acids is 2. The van der Waals surface area contributed by atoms with Gasteiger partial charge in [-0.1, -0.05) is 19.9 Å². The van der Waals surface area contributed by atoms with E-state index in [0.29, 0.717) is 13.2 Å². The van der Waals surface area contributed by atoms with Gasteiger partial charge in [0.15, 0.2) is 0 Å². The highest BCUT2D eigenvalue weighted by atomic mass is 32.2. The van der Waals surface area contributed by atoms with Crippen molar-refractivity contribution in [3.63, 3.8) is 0 Å². The van der Waals surface area contributed by atoms with Gasteiger partial charge in [0.2, 0.25) is 15.9 Å². The first-order valence-electron chi connectivity index (χ1n) is 10.4. The molecule has 2 N–H and O–H groups in total. The van der Waals surface area contributed by atoms with E-state index in [4.69, 9.17) is 4.74 Å². The van der Waals surface area contributed by atoms with E-state index in [1.54, 1.807) is 0 Å². The predicted octanol–water partition coefficient (Wildman–Crippen LogP) is 1.54. The molecule has 1 saturated heterocycles. The number of nitrogens with zero attached hydrogens (tertiary/aromatic N) is 2. The van der Waals surface area contributed by atoms with E-state index in [9.17, 15) is 18.0 Å². The van der Waals surface area contributed by atoms with Gasteiger partial charge in [0, 0.05) is 29.7 Å². The van der Waals surface area contributed by atoms with E-state index < -0.39 is 22.0 Å². The zero-order chi connectivity index (χ0) is 23.3. The average molecular weight is 481 g/mol. The average Bonchev–Trinajstić information content (AvgIpc) is 3.21. The molecule has 0 bridgehead atoms. The minimum Gasteiger partial charge on any atom is -0.379 e. The van der Waals surface area contributed by atoms with E-state index >= 15 is 0 Å². The van der Waals surface area contributed by atoms with Crippen molar-refractivity contribution in [3.05, 3.63) is 45.9 Å². The third-order valence-corrected chi connectivity index (χ3v) is 7.88. The first-order valence-corrected chi connectivity index (χ1v) is 12.7. The van der Waals surface area contributed by atoms with Crippen LogP contribution in [0.15, 0.2) is 34.5 Å². The summed E-state index contributed by atoms with van der Waals surface area (Å²) in [5, 5.41) is 8.23. The molecule has 32 heavy (non-hydrogen) atoms. The van der Waals surface area contributed by atoms with Crippen LogP contribution in [0.1, 0.15) is 34.9 Å². The summed E-state index contributed by atoms with van der Waals surface area (Å²) in [5.74, 6) is -1.00. The number of aryl methyl sites for hydroxylation is 1. The van der Waals surface area contributed by atoms with Crippen molar-refractivity contribution in [1.82, 2.24) is 19.9 Å². The highest BCUT2D eigenvalue weighted by molar-refractivity contribution is 7.89. The van der Waals surface area contributed by atoms with Gasteiger partial charge < -0.3 is 15.4 Å². The summed E-state index contributed by atoms with van der Waals surface area (Å²) in [4.78, 5) is 29.9. The minimum absolute atomic E-state index is 0.0386. The number of aromatic nitrogens is 1. The number of hydrogen-bond donors (Lipinski definition) is 2. The highest BCUT2D eigenvalue weighted by Gasteiger charge is 2.28. The van der Waals surface area contributed by atoms with Crippen molar-refractivity contribution < 1.29 is 22.7 Å². The van der Waals surface area contributed by atoms with Crippen LogP contribution in [-0.4, -0.2) is 61.9 Å². The van der Waals surface area contributed by atoms with Crippen LogP contribution in [0.3, 0.4) is 0 Å². The van der Waals surface area contributed by atoms with E-state index in [1.165, 1.54) is 39.9 Å². The molecule has 0 aliphatic carbocycles. The van der Waals surface area contributed by atoms with Crippen LogP contribution in [-0.2, 0) is 26.1 Å². The smallest absolute Gasteiger partial charge is 0.251 e. The molecule has 2 aromatic rings. The first kappa shape index (κ1) is 24.3. The number of carbonyl (C=O) groups is 2. The Balaban J connectivity index is 1.70. The summed E-state index contributed by atoms with van der Waals surface area (Å²) in [6, 6.07) is 5.08. The van der Waals surface area contributed by atoms with Gasteiger partial charge in [0.1, 0.15) is 11.0 Å². The Morgan fingerprint density at radius 1 is 1.25 bits per heavy atom. The number of hydrogen-bond acceptors (Lipinski definition) is 7. The fourth-order valence-corrected chi connectivity index (χ4v) is 5.42. The number of morpholine rings is 1. The number of rotatable bonds is 8. The summed E-state index contributed by atoms with van der Waals surface area (Å²) in [7, 11) is -3.73. The third-order valence-electron chi connectivity index (χ3n) is 5.02. The molecule has 9 nitrogen and oxygen atoms in total. The number of amides is 2. The minimum atomic E-state index is -3.73. The van der Waals surface area contributed by atoms with Gasteiger partial charge >= 0.3 is 0 Å². The molecule has 1 aliphatic heterocycles. The molecular formula is C21H28N4O5S2. The zero-order valence-electron chi connectivity index (χ0n) is 18.3. The molecule has 2 amide bonds. The number of thiazole rings is 1. The van der Waals surface area contributed by atoms with Gasteiger partial charge in [0.05, 0.1) is 24.7 Å². The van der Waals surface area contributed by atoms with E-state index in [-0.39, 0.29) is 41.9 Å². The summed E-state index contributed by atoms with van der Waals surface area (Å²) in [6.07, 6.45) is 0. The molecule has 0 saturated carbocycles. The summed E-state index contributed by atoms with van der Waals surface area (Å²) in [6.45, 7) is 7.04. The molecule has 0 radical (unpaired) electrons. The first-order chi connectivity index (χ1) is 15.2. The molecule has 3 rings (SSSR count).